The highest BCUT2D eigenvalue weighted by Crippen LogP contribution is 2.29. The number of halogens is 1. The molecule has 7 heteroatoms. The topological polar surface area (TPSA) is 51.3 Å². The molecule has 0 aliphatic carbocycles. The molecule has 0 atom stereocenters. The lowest BCUT2D eigenvalue weighted by Crippen LogP contribution is -2.31. The van der Waals surface area contributed by atoms with Crippen molar-refractivity contribution >= 4 is 35.3 Å². The van der Waals surface area contributed by atoms with E-state index in [4.69, 9.17) is 18.0 Å². The van der Waals surface area contributed by atoms with E-state index >= 15 is 0 Å². The Labute approximate surface area is 143 Å². The molecule has 1 aromatic heterocycles. The number of carbonyl (C=O) groups excluding carboxylic acids is 1. The summed E-state index contributed by atoms with van der Waals surface area (Å²) in [7, 11) is 0. The largest absolute Gasteiger partial charge is 0.383 e. The predicted octanol–water partition coefficient (Wildman–Crippen LogP) is 4.01. The van der Waals surface area contributed by atoms with Crippen LogP contribution in [0.1, 0.15) is 35.4 Å². The highest BCUT2D eigenvalue weighted by Gasteiger charge is 2.24. The minimum absolute atomic E-state index is 0.101. The van der Waals surface area contributed by atoms with E-state index in [0.29, 0.717) is 8.83 Å². The SMILES string of the molecule is Nc1c(C(=O)N2CCCCCC2)sc(=S)n1-c1ccccc1F. The number of para-hydroxylation sites is 1. The van der Waals surface area contributed by atoms with Gasteiger partial charge >= 0.3 is 0 Å². The van der Waals surface area contributed by atoms with Crippen molar-refractivity contribution in [3.05, 3.63) is 38.9 Å². The van der Waals surface area contributed by atoms with Crippen molar-refractivity contribution in [2.45, 2.75) is 25.7 Å². The standard InChI is InChI=1S/C16H18FN3OS2/c17-11-7-3-4-8-12(11)20-14(18)13(23-16(20)22)15(21)19-9-5-1-2-6-10-19/h3-4,7-8H,1-2,5-6,9-10,18H2. The number of nitrogens with two attached hydrogens (primary N) is 1. The summed E-state index contributed by atoms with van der Waals surface area (Å²) in [4.78, 5) is 15.0. The predicted molar refractivity (Wildman–Crippen MR) is 93.2 cm³/mol. The molecule has 1 saturated heterocycles. The summed E-state index contributed by atoms with van der Waals surface area (Å²) in [6, 6.07) is 6.28. The molecular weight excluding hydrogens is 333 g/mol. The molecule has 2 heterocycles. The van der Waals surface area contributed by atoms with Crippen LogP contribution < -0.4 is 5.73 Å². The number of nitrogens with zero attached hydrogens (tertiary/aromatic N) is 2. The summed E-state index contributed by atoms with van der Waals surface area (Å²) >= 11 is 6.46. The van der Waals surface area contributed by atoms with Crippen molar-refractivity contribution in [2.75, 3.05) is 18.8 Å². The summed E-state index contributed by atoms with van der Waals surface area (Å²) < 4.78 is 15.9. The maximum atomic E-state index is 14.0. The average Bonchev–Trinajstić information content (AvgIpc) is 2.74. The van der Waals surface area contributed by atoms with Gasteiger partial charge in [-0.05, 0) is 37.2 Å². The van der Waals surface area contributed by atoms with Gasteiger partial charge in [0.25, 0.3) is 5.91 Å². The number of amides is 1. The van der Waals surface area contributed by atoms with Crippen LogP contribution in [0.25, 0.3) is 5.69 Å². The van der Waals surface area contributed by atoms with Crippen molar-refractivity contribution in [2.24, 2.45) is 0 Å². The van der Waals surface area contributed by atoms with E-state index in [-0.39, 0.29) is 17.4 Å². The Morgan fingerprint density at radius 2 is 1.83 bits per heavy atom. The molecule has 1 amide bonds. The number of benzene rings is 1. The zero-order valence-electron chi connectivity index (χ0n) is 12.6. The third-order valence-corrected chi connectivity index (χ3v) is 5.40. The first kappa shape index (κ1) is 16.1. The van der Waals surface area contributed by atoms with Gasteiger partial charge in [-0.2, -0.15) is 0 Å². The normalized spacial score (nSPS) is 15.4. The summed E-state index contributed by atoms with van der Waals surface area (Å²) in [5, 5.41) is 0. The van der Waals surface area contributed by atoms with Gasteiger partial charge in [0.15, 0.2) is 3.95 Å². The Morgan fingerprint density at radius 1 is 1.17 bits per heavy atom. The molecule has 1 fully saturated rings. The van der Waals surface area contributed by atoms with Crippen molar-refractivity contribution in [1.29, 1.82) is 0 Å². The monoisotopic (exact) mass is 351 g/mol. The average molecular weight is 351 g/mol. The van der Waals surface area contributed by atoms with Crippen molar-refractivity contribution in [3.63, 3.8) is 0 Å². The van der Waals surface area contributed by atoms with Gasteiger partial charge in [-0.15, -0.1) is 0 Å². The molecule has 0 radical (unpaired) electrons. The molecule has 1 aliphatic heterocycles. The first-order valence-corrected chi connectivity index (χ1v) is 8.87. The minimum atomic E-state index is -0.415. The number of rotatable bonds is 2. The van der Waals surface area contributed by atoms with Crippen molar-refractivity contribution in [3.8, 4) is 5.69 Å². The molecule has 23 heavy (non-hydrogen) atoms. The van der Waals surface area contributed by atoms with Gasteiger partial charge in [0, 0.05) is 13.1 Å². The fourth-order valence-corrected chi connectivity index (χ4v) is 4.14. The summed E-state index contributed by atoms with van der Waals surface area (Å²) in [6.45, 7) is 1.48. The van der Waals surface area contributed by atoms with Gasteiger partial charge < -0.3 is 10.6 Å². The molecule has 0 bridgehead atoms. The zero-order valence-corrected chi connectivity index (χ0v) is 14.3. The Bertz CT molecular complexity index is 776. The van der Waals surface area contributed by atoms with Crippen LogP contribution in [0.2, 0.25) is 0 Å². The lowest BCUT2D eigenvalue weighted by Gasteiger charge is -2.19. The number of nitrogen functional groups attached to an aromatic ring is 1. The smallest absolute Gasteiger partial charge is 0.267 e. The van der Waals surface area contributed by atoms with E-state index in [1.54, 1.807) is 18.2 Å². The molecule has 3 rings (SSSR count). The van der Waals surface area contributed by atoms with E-state index < -0.39 is 5.82 Å². The first-order chi connectivity index (χ1) is 11.1. The Hall–Kier alpha value is -1.73. The molecule has 2 aromatic rings. The second-order valence-corrected chi connectivity index (χ2v) is 7.22. The second-order valence-electron chi connectivity index (χ2n) is 5.58. The quantitative estimate of drug-likeness (QED) is 0.832. The molecule has 1 aliphatic rings. The fraction of sp³-hybridized carbons (Fsp3) is 0.375. The molecule has 4 nitrogen and oxygen atoms in total. The third kappa shape index (κ3) is 3.16. The van der Waals surface area contributed by atoms with Gasteiger partial charge in [0.1, 0.15) is 16.5 Å². The minimum Gasteiger partial charge on any atom is -0.383 e. The Morgan fingerprint density at radius 3 is 2.48 bits per heavy atom. The first-order valence-electron chi connectivity index (χ1n) is 7.65. The molecule has 0 spiro atoms. The lowest BCUT2D eigenvalue weighted by atomic mass is 10.2. The van der Waals surface area contributed by atoms with E-state index in [9.17, 15) is 9.18 Å². The number of carbonyl (C=O) groups is 1. The van der Waals surface area contributed by atoms with Crippen LogP contribution in [0.15, 0.2) is 24.3 Å². The Kier molecular flexibility index (Phi) is 4.77. The van der Waals surface area contributed by atoms with Gasteiger partial charge in [-0.1, -0.05) is 36.3 Å². The van der Waals surface area contributed by atoms with Gasteiger partial charge in [-0.25, -0.2) is 4.39 Å². The molecular formula is C16H18FN3OS2. The van der Waals surface area contributed by atoms with Crippen LogP contribution in [0, 0.1) is 9.77 Å². The molecule has 2 N–H and O–H groups in total. The summed E-state index contributed by atoms with van der Waals surface area (Å²) in [5.74, 6) is -0.295. The van der Waals surface area contributed by atoms with Crippen LogP contribution in [-0.4, -0.2) is 28.5 Å². The fourth-order valence-electron chi connectivity index (χ4n) is 2.82. The van der Waals surface area contributed by atoms with Crippen LogP contribution in [0.3, 0.4) is 0 Å². The number of hydrogen-bond donors (Lipinski definition) is 1. The molecule has 0 unspecified atom stereocenters. The molecule has 0 saturated carbocycles. The third-order valence-electron chi connectivity index (χ3n) is 4.03. The van der Waals surface area contributed by atoms with E-state index in [1.165, 1.54) is 10.6 Å². The number of anilines is 1. The highest BCUT2D eigenvalue weighted by atomic mass is 32.1. The number of thiazole rings is 1. The van der Waals surface area contributed by atoms with Crippen LogP contribution in [-0.2, 0) is 0 Å². The lowest BCUT2D eigenvalue weighted by molar-refractivity contribution is 0.0767. The number of likely N-dealkylation sites (tertiary alicyclic amines) is 1. The second kappa shape index (κ2) is 6.80. The number of aromatic nitrogens is 1. The van der Waals surface area contributed by atoms with Crippen molar-refractivity contribution in [1.82, 2.24) is 9.47 Å². The van der Waals surface area contributed by atoms with Gasteiger partial charge in [0.2, 0.25) is 0 Å². The maximum Gasteiger partial charge on any atom is 0.267 e. The highest BCUT2D eigenvalue weighted by molar-refractivity contribution is 7.73. The van der Waals surface area contributed by atoms with Crippen LogP contribution in [0.4, 0.5) is 10.2 Å². The van der Waals surface area contributed by atoms with E-state index in [2.05, 4.69) is 0 Å². The summed E-state index contributed by atoms with van der Waals surface area (Å²) in [6.07, 6.45) is 4.30. The van der Waals surface area contributed by atoms with Gasteiger partial charge in [-0.3, -0.25) is 9.36 Å². The van der Waals surface area contributed by atoms with Gasteiger partial charge in [0.05, 0.1) is 5.69 Å². The molecule has 1 aromatic carbocycles. The molecule has 122 valence electrons. The van der Waals surface area contributed by atoms with E-state index in [1.807, 2.05) is 4.90 Å². The number of hydrogen-bond acceptors (Lipinski definition) is 4. The zero-order chi connectivity index (χ0) is 16.4. The summed E-state index contributed by atoms with van der Waals surface area (Å²) in [5.41, 5.74) is 6.42. The van der Waals surface area contributed by atoms with Crippen molar-refractivity contribution < 1.29 is 9.18 Å². The Balaban J connectivity index is 1.99. The van der Waals surface area contributed by atoms with E-state index in [0.717, 1.165) is 50.1 Å². The van der Waals surface area contributed by atoms with Crippen LogP contribution in [0.5, 0.6) is 0 Å². The van der Waals surface area contributed by atoms with Crippen LogP contribution >= 0.6 is 23.6 Å². The maximum absolute atomic E-state index is 14.0.